The first-order valence-corrected chi connectivity index (χ1v) is 8.87. The van der Waals surface area contributed by atoms with Gasteiger partial charge >= 0.3 is 0 Å². The molecule has 0 radical (unpaired) electrons. The summed E-state index contributed by atoms with van der Waals surface area (Å²) in [6.07, 6.45) is 0. The maximum Gasteiger partial charge on any atom is 0.255 e. The molecule has 3 rings (SSSR count). The summed E-state index contributed by atoms with van der Waals surface area (Å²) in [5.74, 6) is 0.605. The van der Waals surface area contributed by atoms with E-state index in [-0.39, 0.29) is 12.5 Å². The second-order valence-corrected chi connectivity index (χ2v) is 6.66. The Morgan fingerprint density at radius 3 is 2.58 bits per heavy atom. The van der Waals surface area contributed by atoms with Crippen LogP contribution in [0.25, 0.3) is 11.4 Å². The van der Waals surface area contributed by atoms with Gasteiger partial charge in [0.25, 0.3) is 5.91 Å². The molecule has 134 valence electrons. The highest BCUT2D eigenvalue weighted by atomic mass is 35.5. The molecule has 0 unspecified atom stereocenters. The average Bonchev–Trinajstić information content (AvgIpc) is 3.10. The monoisotopic (exact) mass is 389 g/mol. The van der Waals surface area contributed by atoms with E-state index in [2.05, 4.69) is 10.1 Å². The minimum atomic E-state index is -0.241. The van der Waals surface area contributed by atoms with Gasteiger partial charge in [-0.25, -0.2) is 0 Å². The summed E-state index contributed by atoms with van der Waals surface area (Å²) in [5.41, 5.74) is 2.36. The molecule has 5 nitrogen and oxygen atoms in total. The van der Waals surface area contributed by atoms with Gasteiger partial charge in [-0.05, 0) is 32.0 Å². The SMILES string of the molecule is CCN(Cc1nc(-c2ccc(C)cc2)no1)C(=O)c1cc(Cl)ccc1Cl. The number of carbonyl (C=O) groups excluding carboxylic acids is 1. The molecular formula is C19H17Cl2N3O2. The van der Waals surface area contributed by atoms with Crippen LogP contribution in [0, 0.1) is 6.92 Å². The van der Waals surface area contributed by atoms with Crippen molar-refractivity contribution in [1.29, 1.82) is 0 Å². The number of rotatable bonds is 5. The summed E-state index contributed by atoms with van der Waals surface area (Å²) in [4.78, 5) is 18.7. The van der Waals surface area contributed by atoms with Gasteiger partial charge in [-0.1, -0.05) is 58.2 Å². The highest BCUT2D eigenvalue weighted by Crippen LogP contribution is 2.23. The number of aryl methyl sites for hydroxylation is 1. The van der Waals surface area contributed by atoms with Gasteiger partial charge in [0.2, 0.25) is 11.7 Å². The zero-order valence-electron chi connectivity index (χ0n) is 14.4. The summed E-state index contributed by atoms with van der Waals surface area (Å²) >= 11 is 12.1. The predicted molar refractivity (Wildman–Crippen MR) is 101 cm³/mol. The Balaban J connectivity index is 1.79. The van der Waals surface area contributed by atoms with Crippen LogP contribution in [-0.2, 0) is 6.54 Å². The van der Waals surface area contributed by atoms with Crippen molar-refractivity contribution >= 4 is 29.1 Å². The standard InChI is InChI=1S/C19H17Cl2N3O2/c1-3-24(19(25)15-10-14(20)8-9-16(15)21)11-17-22-18(23-26-17)13-6-4-12(2)5-7-13/h4-10H,3,11H2,1-2H3. The van der Waals surface area contributed by atoms with Crippen LogP contribution in [0.15, 0.2) is 47.0 Å². The van der Waals surface area contributed by atoms with E-state index in [1.54, 1.807) is 23.1 Å². The molecule has 3 aromatic rings. The van der Waals surface area contributed by atoms with Crippen molar-refractivity contribution in [2.24, 2.45) is 0 Å². The van der Waals surface area contributed by atoms with E-state index in [1.807, 2.05) is 38.1 Å². The number of nitrogens with zero attached hydrogens (tertiary/aromatic N) is 3. The quantitative estimate of drug-likeness (QED) is 0.614. The minimum absolute atomic E-state index is 0.192. The summed E-state index contributed by atoms with van der Waals surface area (Å²) in [6.45, 7) is 4.53. The molecule has 26 heavy (non-hydrogen) atoms. The molecule has 0 saturated heterocycles. The zero-order valence-corrected chi connectivity index (χ0v) is 15.9. The van der Waals surface area contributed by atoms with Crippen LogP contribution in [0.2, 0.25) is 10.0 Å². The van der Waals surface area contributed by atoms with Crippen molar-refractivity contribution < 1.29 is 9.32 Å². The normalized spacial score (nSPS) is 10.8. The van der Waals surface area contributed by atoms with Crippen LogP contribution in [0.3, 0.4) is 0 Å². The third-order valence-corrected chi connectivity index (χ3v) is 4.50. The van der Waals surface area contributed by atoms with Crippen molar-refractivity contribution in [3.63, 3.8) is 0 Å². The smallest absolute Gasteiger partial charge is 0.255 e. The van der Waals surface area contributed by atoms with Gasteiger partial charge in [-0.15, -0.1) is 0 Å². The van der Waals surface area contributed by atoms with E-state index in [0.29, 0.717) is 33.9 Å². The third kappa shape index (κ3) is 4.06. The minimum Gasteiger partial charge on any atom is -0.337 e. The fourth-order valence-corrected chi connectivity index (χ4v) is 2.83. The molecule has 0 spiro atoms. The number of hydrogen-bond donors (Lipinski definition) is 0. The van der Waals surface area contributed by atoms with Crippen LogP contribution >= 0.6 is 23.2 Å². The number of carbonyl (C=O) groups is 1. The first kappa shape index (κ1) is 18.4. The van der Waals surface area contributed by atoms with Crippen molar-refractivity contribution in [3.8, 4) is 11.4 Å². The van der Waals surface area contributed by atoms with E-state index in [0.717, 1.165) is 11.1 Å². The maximum absolute atomic E-state index is 12.8. The molecule has 0 aliphatic rings. The van der Waals surface area contributed by atoms with E-state index in [9.17, 15) is 4.79 Å². The Kier molecular flexibility index (Phi) is 5.59. The highest BCUT2D eigenvalue weighted by molar-refractivity contribution is 6.35. The number of amides is 1. The lowest BCUT2D eigenvalue weighted by atomic mass is 10.1. The van der Waals surface area contributed by atoms with Crippen LogP contribution in [0.1, 0.15) is 28.7 Å². The summed E-state index contributed by atoms with van der Waals surface area (Å²) in [5, 5.41) is 4.80. The number of hydrogen-bond acceptors (Lipinski definition) is 4. The van der Waals surface area contributed by atoms with Gasteiger partial charge in [0.05, 0.1) is 10.6 Å². The molecule has 0 saturated carbocycles. The van der Waals surface area contributed by atoms with Gasteiger partial charge in [0, 0.05) is 17.1 Å². The van der Waals surface area contributed by atoms with E-state index >= 15 is 0 Å². The fraction of sp³-hybridized carbons (Fsp3) is 0.211. The second-order valence-electron chi connectivity index (χ2n) is 5.82. The van der Waals surface area contributed by atoms with Crippen LogP contribution in [0.5, 0.6) is 0 Å². The first-order chi connectivity index (χ1) is 12.5. The average molecular weight is 390 g/mol. The zero-order chi connectivity index (χ0) is 18.7. The largest absolute Gasteiger partial charge is 0.337 e. The summed E-state index contributed by atoms with van der Waals surface area (Å²) in [7, 11) is 0. The first-order valence-electron chi connectivity index (χ1n) is 8.12. The molecule has 2 aromatic carbocycles. The molecule has 1 amide bonds. The third-order valence-electron chi connectivity index (χ3n) is 3.93. The molecule has 0 bridgehead atoms. The number of halogens is 2. The summed E-state index contributed by atoms with van der Waals surface area (Å²) < 4.78 is 5.31. The van der Waals surface area contributed by atoms with Gasteiger partial charge in [-0.2, -0.15) is 4.98 Å². The van der Waals surface area contributed by atoms with Gasteiger partial charge in [0.15, 0.2) is 0 Å². The Bertz CT molecular complexity index is 923. The van der Waals surface area contributed by atoms with Gasteiger partial charge in [-0.3, -0.25) is 4.79 Å². The molecule has 0 aliphatic carbocycles. The lowest BCUT2D eigenvalue weighted by Gasteiger charge is -2.19. The number of aromatic nitrogens is 2. The van der Waals surface area contributed by atoms with E-state index < -0.39 is 0 Å². The van der Waals surface area contributed by atoms with Crippen molar-refractivity contribution in [2.45, 2.75) is 20.4 Å². The molecule has 7 heteroatoms. The van der Waals surface area contributed by atoms with Crippen LogP contribution in [0.4, 0.5) is 0 Å². The van der Waals surface area contributed by atoms with Crippen LogP contribution < -0.4 is 0 Å². The maximum atomic E-state index is 12.8. The topological polar surface area (TPSA) is 59.2 Å². The van der Waals surface area contributed by atoms with E-state index in [1.165, 1.54) is 0 Å². The predicted octanol–water partition coefficient (Wildman–Crippen LogP) is 5.01. The highest BCUT2D eigenvalue weighted by Gasteiger charge is 2.20. The lowest BCUT2D eigenvalue weighted by molar-refractivity contribution is 0.0734. The Labute approximate surface area is 161 Å². The number of benzene rings is 2. The molecule has 1 aromatic heterocycles. The van der Waals surface area contributed by atoms with Gasteiger partial charge < -0.3 is 9.42 Å². The molecule has 0 aliphatic heterocycles. The lowest BCUT2D eigenvalue weighted by Crippen LogP contribution is -2.30. The Morgan fingerprint density at radius 1 is 1.15 bits per heavy atom. The van der Waals surface area contributed by atoms with E-state index in [4.69, 9.17) is 27.7 Å². The van der Waals surface area contributed by atoms with Crippen LogP contribution in [-0.4, -0.2) is 27.5 Å². The molecular weight excluding hydrogens is 373 g/mol. The molecule has 0 N–H and O–H groups in total. The van der Waals surface area contributed by atoms with Crippen molar-refractivity contribution in [3.05, 3.63) is 69.5 Å². The fourth-order valence-electron chi connectivity index (χ4n) is 2.46. The van der Waals surface area contributed by atoms with Crippen molar-refractivity contribution in [2.75, 3.05) is 6.54 Å². The Hall–Kier alpha value is -2.37. The van der Waals surface area contributed by atoms with Crippen molar-refractivity contribution in [1.82, 2.24) is 15.0 Å². The molecule has 1 heterocycles. The Morgan fingerprint density at radius 2 is 1.88 bits per heavy atom. The molecule has 0 atom stereocenters. The summed E-state index contributed by atoms with van der Waals surface area (Å²) in [6, 6.07) is 12.6. The second kappa shape index (κ2) is 7.89. The van der Waals surface area contributed by atoms with Gasteiger partial charge in [0.1, 0.15) is 6.54 Å². The molecule has 0 fully saturated rings.